The van der Waals surface area contributed by atoms with Crippen LogP contribution in [0.25, 0.3) is 21.2 Å². The summed E-state index contributed by atoms with van der Waals surface area (Å²) >= 11 is 2.75. The predicted octanol–water partition coefficient (Wildman–Crippen LogP) is 4.40. The average Bonchev–Trinajstić information content (AvgIpc) is 3.08. The number of ether oxygens (including phenoxy) is 1. The minimum absolute atomic E-state index is 0.0536. The van der Waals surface area contributed by atoms with E-state index in [-0.39, 0.29) is 5.75 Å². The van der Waals surface area contributed by atoms with Gasteiger partial charge in [-0.25, -0.2) is 9.78 Å². The van der Waals surface area contributed by atoms with E-state index in [9.17, 15) is 9.59 Å². The Morgan fingerprint density at radius 2 is 1.92 bits per heavy atom. The van der Waals surface area contributed by atoms with Gasteiger partial charge in [0.05, 0.1) is 28.6 Å². The highest BCUT2D eigenvalue weighted by Crippen LogP contribution is 2.35. The van der Waals surface area contributed by atoms with Crippen molar-refractivity contribution in [3.63, 3.8) is 0 Å². The summed E-state index contributed by atoms with van der Waals surface area (Å²) in [5, 5.41) is 9.80. The van der Waals surface area contributed by atoms with E-state index in [4.69, 9.17) is 9.84 Å². The van der Waals surface area contributed by atoms with Gasteiger partial charge in [0.15, 0.2) is 0 Å². The first-order chi connectivity index (χ1) is 12.6. The molecule has 2 aromatic carbocycles. The van der Waals surface area contributed by atoms with Gasteiger partial charge >= 0.3 is 11.9 Å². The highest BCUT2D eigenvalue weighted by Gasteiger charge is 2.12. The molecule has 26 heavy (non-hydrogen) atoms. The van der Waals surface area contributed by atoms with Crippen LogP contribution in [-0.2, 0) is 9.53 Å². The van der Waals surface area contributed by atoms with Crippen molar-refractivity contribution in [2.45, 2.75) is 0 Å². The summed E-state index contributed by atoms with van der Waals surface area (Å²) in [6, 6.07) is 14.7. The molecule has 0 radical (unpaired) electrons. The first-order valence-electron chi connectivity index (χ1n) is 7.67. The summed E-state index contributed by atoms with van der Waals surface area (Å²) in [7, 11) is 1.34. The molecule has 1 N–H and O–H groups in total. The van der Waals surface area contributed by atoms with Crippen LogP contribution in [0.15, 0.2) is 48.5 Å². The quantitative estimate of drug-likeness (QED) is 0.634. The number of benzene rings is 2. The third-order valence-electron chi connectivity index (χ3n) is 3.49. The molecule has 0 fully saturated rings. The fourth-order valence-electron chi connectivity index (χ4n) is 2.27. The number of rotatable bonds is 6. The molecule has 5 nitrogen and oxygen atoms in total. The highest BCUT2D eigenvalue weighted by molar-refractivity contribution is 8.09. The van der Waals surface area contributed by atoms with Gasteiger partial charge in [0.2, 0.25) is 0 Å². The van der Waals surface area contributed by atoms with Crippen LogP contribution < -0.4 is 0 Å². The number of hydrogen-bond acceptors (Lipinski definition) is 6. The van der Waals surface area contributed by atoms with Crippen LogP contribution in [0.1, 0.15) is 20.9 Å². The summed E-state index contributed by atoms with van der Waals surface area (Å²) in [5.74, 6) is -1.34. The van der Waals surface area contributed by atoms with Gasteiger partial charge in [-0.15, -0.1) is 23.1 Å². The number of hydrogen-bond donors (Lipinski definition) is 1. The Morgan fingerprint density at radius 3 is 2.58 bits per heavy atom. The number of carboxylic acid groups (broad SMARTS) is 1. The second kappa shape index (κ2) is 8.16. The lowest BCUT2D eigenvalue weighted by Crippen LogP contribution is -2.00. The summed E-state index contributed by atoms with van der Waals surface area (Å²) in [6.07, 6.45) is 1.88. The van der Waals surface area contributed by atoms with Crippen molar-refractivity contribution < 1.29 is 19.4 Å². The molecule has 0 atom stereocenters. The smallest absolute Gasteiger partial charge is 0.337 e. The molecule has 132 valence electrons. The number of thiazole rings is 1. The lowest BCUT2D eigenvalue weighted by atomic mass is 10.1. The molecule has 1 aromatic heterocycles. The number of carbonyl (C=O) groups excluding carboxylic acids is 1. The van der Waals surface area contributed by atoms with Gasteiger partial charge in [-0.1, -0.05) is 24.3 Å². The molecule has 7 heteroatoms. The lowest BCUT2D eigenvalue weighted by Gasteiger charge is -2.04. The minimum atomic E-state index is -0.886. The first-order valence-corrected chi connectivity index (χ1v) is 9.47. The van der Waals surface area contributed by atoms with Crippen molar-refractivity contribution in [2.24, 2.45) is 0 Å². The summed E-state index contributed by atoms with van der Waals surface area (Å²) in [5.41, 5.74) is 2.20. The van der Waals surface area contributed by atoms with Crippen LogP contribution in [0.4, 0.5) is 0 Å². The van der Waals surface area contributed by atoms with Crippen molar-refractivity contribution in [1.82, 2.24) is 4.98 Å². The number of esters is 1. The molecule has 0 saturated heterocycles. The molecule has 3 rings (SSSR count). The molecule has 1 heterocycles. The molecular formula is C19H15NO4S2. The summed E-state index contributed by atoms with van der Waals surface area (Å²) in [6.45, 7) is 0. The molecule has 0 aliphatic heterocycles. The van der Waals surface area contributed by atoms with Gasteiger partial charge in [0.25, 0.3) is 0 Å². The Hall–Kier alpha value is -2.64. The van der Waals surface area contributed by atoms with E-state index < -0.39 is 11.9 Å². The molecule has 0 aliphatic carbocycles. The number of fused-ring (bicyclic) bond motifs is 1. The van der Waals surface area contributed by atoms with Crippen molar-refractivity contribution in [2.75, 3.05) is 12.9 Å². The van der Waals surface area contributed by atoms with Crippen LogP contribution in [0.5, 0.6) is 0 Å². The van der Waals surface area contributed by atoms with Crippen LogP contribution in [0.2, 0.25) is 0 Å². The summed E-state index contributed by atoms with van der Waals surface area (Å²) in [4.78, 5) is 27.9. The number of aromatic nitrogens is 1. The molecule has 0 aliphatic rings. The van der Waals surface area contributed by atoms with Gasteiger partial charge < -0.3 is 9.84 Å². The zero-order chi connectivity index (χ0) is 18.5. The van der Waals surface area contributed by atoms with E-state index in [1.165, 1.54) is 30.2 Å². The minimum Gasteiger partial charge on any atom is -0.481 e. The Kier molecular flexibility index (Phi) is 5.70. The molecule has 0 amide bonds. The zero-order valence-electron chi connectivity index (χ0n) is 13.8. The Balaban J connectivity index is 1.95. The van der Waals surface area contributed by atoms with Crippen molar-refractivity contribution in [3.05, 3.63) is 64.7 Å². The SMILES string of the molecule is COC(=O)c1ccc(C=C(SCC(=O)O)c2nc3ccccc3s2)cc1. The normalized spacial score (nSPS) is 11.5. The monoisotopic (exact) mass is 385 g/mol. The maximum Gasteiger partial charge on any atom is 0.337 e. The first kappa shape index (κ1) is 18.2. The molecule has 0 spiro atoms. The molecular weight excluding hydrogens is 370 g/mol. The number of carbonyl (C=O) groups is 2. The van der Waals surface area contributed by atoms with Gasteiger partial charge in [0.1, 0.15) is 5.01 Å². The van der Waals surface area contributed by atoms with Gasteiger partial charge in [-0.3, -0.25) is 4.79 Å². The van der Waals surface area contributed by atoms with Crippen LogP contribution >= 0.6 is 23.1 Å². The zero-order valence-corrected chi connectivity index (χ0v) is 15.5. The number of methoxy groups -OCH3 is 1. The Bertz CT molecular complexity index is 944. The maximum absolute atomic E-state index is 11.5. The number of nitrogens with zero attached hydrogens (tertiary/aromatic N) is 1. The molecule has 0 bridgehead atoms. The Morgan fingerprint density at radius 1 is 1.19 bits per heavy atom. The van der Waals surface area contributed by atoms with Crippen LogP contribution in [-0.4, -0.2) is 34.9 Å². The van der Waals surface area contributed by atoms with E-state index >= 15 is 0 Å². The number of aliphatic carboxylic acids is 1. The van der Waals surface area contributed by atoms with Crippen LogP contribution in [0.3, 0.4) is 0 Å². The van der Waals surface area contributed by atoms with Crippen molar-refractivity contribution >= 4 is 56.2 Å². The van der Waals surface area contributed by atoms with E-state index in [1.54, 1.807) is 24.3 Å². The second-order valence-electron chi connectivity index (χ2n) is 5.29. The number of para-hydroxylation sites is 1. The fraction of sp³-hybridized carbons (Fsp3) is 0.105. The van der Waals surface area contributed by atoms with Gasteiger partial charge in [0, 0.05) is 4.91 Å². The second-order valence-corrected chi connectivity index (χ2v) is 7.34. The van der Waals surface area contributed by atoms with Crippen molar-refractivity contribution in [3.8, 4) is 0 Å². The third kappa shape index (κ3) is 4.30. The van der Waals surface area contributed by atoms with Gasteiger partial charge in [-0.2, -0.15) is 0 Å². The standard InChI is InChI=1S/C19H15NO4S2/c1-24-19(23)13-8-6-12(7-9-13)10-16(25-11-17(21)22)18-20-14-4-2-3-5-15(14)26-18/h2-10H,11H2,1H3,(H,21,22). The van der Waals surface area contributed by atoms with E-state index in [2.05, 4.69) is 4.98 Å². The van der Waals surface area contributed by atoms with Gasteiger partial charge in [-0.05, 0) is 35.9 Å². The fourth-order valence-corrected chi connectivity index (χ4v) is 4.11. The number of thioether (sulfide) groups is 1. The lowest BCUT2D eigenvalue weighted by molar-refractivity contribution is -0.133. The largest absolute Gasteiger partial charge is 0.481 e. The van der Waals surface area contributed by atoms with Crippen LogP contribution in [0, 0.1) is 0 Å². The van der Waals surface area contributed by atoms with E-state index in [0.29, 0.717) is 5.56 Å². The predicted molar refractivity (Wildman–Crippen MR) is 105 cm³/mol. The topological polar surface area (TPSA) is 76.5 Å². The molecule has 0 unspecified atom stereocenters. The van der Waals surface area contributed by atoms with E-state index in [0.717, 1.165) is 25.7 Å². The number of carboxylic acids is 1. The molecule has 0 saturated carbocycles. The Labute approximate surface area is 158 Å². The maximum atomic E-state index is 11.5. The highest BCUT2D eigenvalue weighted by atomic mass is 32.2. The average molecular weight is 385 g/mol. The summed E-state index contributed by atoms with van der Waals surface area (Å²) < 4.78 is 5.74. The third-order valence-corrected chi connectivity index (χ3v) is 5.70. The van der Waals surface area contributed by atoms with Crippen molar-refractivity contribution in [1.29, 1.82) is 0 Å². The van der Waals surface area contributed by atoms with E-state index in [1.807, 2.05) is 30.3 Å². The molecule has 3 aromatic rings.